The number of amidine groups is 1. The first-order chi connectivity index (χ1) is 14.5. The predicted molar refractivity (Wildman–Crippen MR) is 132 cm³/mol. The molecule has 1 aliphatic carbocycles. The van der Waals surface area contributed by atoms with Crippen molar-refractivity contribution >= 4 is 34.4 Å². The quantitative estimate of drug-likeness (QED) is 0.403. The Balaban J connectivity index is 1.92. The highest BCUT2D eigenvalue weighted by atomic mass is 32.2. The maximum absolute atomic E-state index is 9.22. The Hall–Kier alpha value is -2.36. The summed E-state index contributed by atoms with van der Waals surface area (Å²) in [5.41, 5.74) is 2.66. The van der Waals surface area contributed by atoms with E-state index in [9.17, 15) is 5.26 Å². The number of rotatable bonds is 5. The third-order valence-electron chi connectivity index (χ3n) is 4.87. The molecule has 1 aromatic carbocycles. The summed E-state index contributed by atoms with van der Waals surface area (Å²) >= 11 is 3.57. The van der Waals surface area contributed by atoms with Crippen LogP contribution in [0.15, 0.2) is 75.3 Å². The molecule has 2 bridgehead atoms. The maximum atomic E-state index is 9.22. The molecule has 156 valence electrons. The minimum atomic E-state index is 0.349. The van der Waals surface area contributed by atoms with Gasteiger partial charge in [0.2, 0.25) is 0 Å². The normalized spacial score (nSPS) is 19.8. The molecule has 0 saturated carbocycles. The van der Waals surface area contributed by atoms with E-state index in [1.165, 1.54) is 15.6 Å². The second-order valence-electron chi connectivity index (χ2n) is 7.27. The molecule has 1 unspecified atom stereocenters. The first kappa shape index (κ1) is 22.3. The van der Waals surface area contributed by atoms with E-state index in [1.807, 2.05) is 36.0 Å². The van der Waals surface area contributed by atoms with Crippen LogP contribution in [0, 0.1) is 11.3 Å². The van der Waals surface area contributed by atoms with Gasteiger partial charge in [-0.15, -0.1) is 0 Å². The van der Waals surface area contributed by atoms with Crippen LogP contribution in [0.2, 0.25) is 0 Å². The van der Waals surface area contributed by atoms with Gasteiger partial charge in [-0.3, -0.25) is 0 Å². The molecule has 2 aliphatic rings. The van der Waals surface area contributed by atoms with E-state index in [-0.39, 0.29) is 0 Å². The summed E-state index contributed by atoms with van der Waals surface area (Å²) in [4.78, 5) is 10.6. The number of benzene rings is 1. The van der Waals surface area contributed by atoms with Crippen molar-refractivity contribution in [1.82, 2.24) is 9.80 Å². The number of allylic oxidation sites excluding steroid dienone is 4. The number of hydrogen-bond acceptors (Lipinski definition) is 5. The average Bonchev–Trinajstić information content (AvgIpc) is 2.96. The van der Waals surface area contributed by atoms with Crippen LogP contribution in [0.5, 0.6) is 0 Å². The van der Waals surface area contributed by atoms with Gasteiger partial charge in [-0.1, -0.05) is 61.2 Å². The molecule has 0 spiro atoms. The Morgan fingerprint density at radius 1 is 1.37 bits per heavy atom. The van der Waals surface area contributed by atoms with Crippen LogP contribution >= 0.6 is 23.5 Å². The van der Waals surface area contributed by atoms with Gasteiger partial charge in [0.15, 0.2) is 5.17 Å². The molecule has 30 heavy (non-hydrogen) atoms. The lowest BCUT2D eigenvalue weighted by molar-refractivity contribution is 0.493. The fraction of sp³-hybridized carbons (Fsp3) is 0.333. The second-order valence-corrected chi connectivity index (χ2v) is 9.62. The van der Waals surface area contributed by atoms with E-state index in [0.29, 0.717) is 10.8 Å². The van der Waals surface area contributed by atoms with E-state index in [2.05, 4.69) is 74.2 Å². The molecule has 1 heterocycles. The van der Waals surface area contributed by atoms with Crippen LogP contribution in [0.4, 0.5) is 5.69 Å². The molecule has 4 nitrogen and oxygen atoms in total. The molecule has 0 radical (unpaired) electrons. The van der Waals surface area contributed by atoms with Crippen LogP contribution < -0.4 is 0 Å². The first-order valence-corrected chi connectivity index (χ1v) is 11.9. The molecule has 6 heteroatoms. The zero-order chi connectivity index (χ0) is 21.5. The Kier molecular flexibility index (Phi) is 7.89. The maximum Gasteiger partial charge on any atom is 0.168 e. The molecule has 0 saturated heterocycles. The monoisotopic (exact) mass is 436 g/mol. The first-order valence-electron chi connectivity index (χ1n) is 10.2. The number of thioether (sulfide) groups is 2. The van der Waals surface area contributed by atoms with E-state index < -0.39 is 0 Å². The topological polar surface area (TPSA) is 42.6 Å². The van der Waals surface area contributed by atoms with E-state index in [4.69, 9.17) is 4.99 Å². The molecule has 1 atom stereocenters. The van der Waals surface area contributed by atoms with Crippen molar-refractivity contribution in [3.8, 4) is 6.07 Å². The van der Waals surface area contributed by atoms with Crippen molar-refractivity contribution in [3.05, 3.63) is 75.8 Å². The van der Waals surface area contributed by atoms with Crippen molar-refractivity contribution in [3.63, 3.8) is 0 Å². The summed E-state index contributed by atoms with van der Waals surface area (Å²) in [6, 6.07) is 9.69. The number of nitrogens with zero attached hydrogens (tertiary/aromatic N) is 4. The Morgan fingerprint density at radius 2 is 2.20 bits per heavy atom. The van der Waals surface area contributed by atoms with Crippen molar-refractivity contribution < 1.29 is 0 Å². The van der Waals surface area contributed by atoms with Crippen molar-refractivity contribution in [1.29, 1.82) is 5.26 Å². The van der Waals surface area contributed by atoms with Gasteiger partial charge < -0.3 is 9.80 Å². The number of fused-ring (bicyclic) bond motifs is 1. The van der Waals surface area contributed by atoms with Gasteiger partial charge in [-0.05, 0) is 43.7 Å². The number of hydrogen-bond donors (Lipinski definition) is 0. The van der Waals surface area contributed by atoms with Gasteiger partial charge >= 0.3 is 0 Å². The zero-order valence-corrected chi connectivity index (χ0v) is 19.6. The number of aliphatic imine (C=N–C) groups is 1. The summed E-state index contributed by atoms with van der Waals surface area (Å²) in [7, 11) is 4.22. The summed E-state index contributed by atoms with van der Waals surface area (Å²) in [6.07, 6.45) is 13.2. The van der Waals surface area contributed by atoms with Crippen LogP contribution in [-0.2, 0) is 0 Å². The Bertz CT molecular complexity index is 966. The van der Waals surface area contributed by atoms with Crippen LogP contribution in [-0.4, -0.2) is 40.9 Å². The summed E-state index contributed by atoms with van der Waals surface area (Å²) in [5.74, 6) is 0. The fourth-order valence-corrected chi connectivity index (χ4v) is 5.39. The smallest absolute Gasteiger partial charge is 0.168 e. The lowest BCUT2D eigenvalue weighted by Gasteiger charge is -2.31. The lowest BCUT2D eigenvalue weighted by Crippen LogP contribution is -2.26. The molecular formula is C24H28N4S2. The molecule has 0 N–H and O–H groups in total. The Labute approximate surface area is 188 Å². The van der Waals surface area contributed by atoms with Crippen molar-refractivity contribution in [2.24, 2.45) is 4.99 Å². The molecule has 1 aliphatic heterocycles. The number of unbranched alkanes of at least 4 members (excludes halogenated alkanes) is 1. The largest absolute Gasteiger partial charge is 0.354 e. The van der Waals surface area contributed by atoms with Gasteiger partial charge in [-0.25, -0.2) is 4.99 Å². The zero-order valence-electron chi connectivity index (χ0n) is 18.0. The average molecular weight is 437 g/mol. The molecule has 3 rings (SSSR count). The molecule has 1 aromatic rings. The SMILES string of the molecule is CCCCN(C)C(=Nc1cccc(C#N)c1)S/C(C)=C1\SC2C=CC=CC(=C2)N1C. The minimum absolute atomic E-state index is 0.349. The van der Waals surface area contributed by atoms with E-state index in [0.717, 1.165) is 30.2 Å². The van der Waals surface area contributed by atoms with Gasteiger partial charge in [0, 0.05) is 36.5 Å². The standard InChI is InChI=1S/C24H28N4S2/c1-5-6-14-27(3)24(26-20-11-9-10-19(15-20)17-25)29-18(2)23-28(4)21-12-7-8-13-22(16-21)30-23/h7-13,15-16,22H,5-6,14H2,1-4H3/b23-18-,26-24?. The van der Waals surface area contributed by atoms with Gasteiger partial charge in [0.05, 0.1) is 22.3 Å². The van der Waals surface area contributed by atoms with Crippen LogP contribution in [0.25, 0.3) is 0 Å². The molecule has 0 amide bonds. The predicted octanol–water partition coefficient (Wildman–Crippen LogP) is 6.26. The fourth-order valence-electron chi connectivity index (χ4n) is 3.16. The number of nitriles is 1. The van der Waals surface area contributed by atoms with Gasteiger partial charge in [-0.2, -0.15) is 5.26 Å². The van der Waals surface area contributed by atoms with Crippen LogP contribution in [0.3, 0.4) is 0 Å². The highest BCUT2D eigenvalue weighted by Gasteiger charge is 2.24. The summed E-state index contributed by atoms with van der Waals surface area (Å²) in [6.45, 7) is 5.32. The van der Waals surface area contributed by atoms with Gasteiger partial charge in [0.1, 0.15) is 0 Å². The van der Waals surface area contributed by atoms with Crippen LogP contribution in [0.1, 0.15) is 32.3 Å². The highest BCUT2D eigenvalue weighted by molar-refractivity contribution is 8.17. The van der Waals surface area contributed by atoms with E-state index >= 15 is 0 Å². The third-order valence-corrected chi connectivity index (χ3v) is 7.46. The second kappa shape index (κ2) is 10.6. The van der Waals surface area contributed by atoms with Crippen molar-refractivity contribution in [2.75, 3.05) is 20.6 Å². The molecular weight excluding hydrogens is 408 g/mol. The number of likely N-dealkylation sites (N-methyl/N-ethyl adjacent to an activating group) is 1. The lowest BCUT2D eigenvalue weighted by atomic mass is 10.2. The highest BCUT2D eigenvalue weighted by Crippen LogP contribution is 2.41. The van der Waals surface area contributed by atoms with E-state index in [1.54, 1.807) is 11.8 Å². The van der Waals surface area contributed by atoms with Gasteiger partial charge in [0.25, 0.3) is 0 Å². The third kappa shape index (κ3) is 5.62. The van der Waals surface area contributed by atoms with Crippen molar-refractivity contribution in [2.45, 2.75) is 31.9 Å². The summed E-state index contributed by atoms with van der Waals surface area (Å²) in [5, 5.41) is 11.8. The molecule has 0 fully saturated rings. The Morgan fingerprint density at radius 3 is 2.97 bits per heavy atom. The summed E-state index contributed by atoms with van der Waals surface area (Å²) < 4.78 is 0. The minimum Gasteiger partial charge on any atom is -0.354 e. The molecule has 0 aromatic heterocycles.